The zero-order valence-electron chi connectivity index (χ0n) is 14.1. The molecule has 0 saturated carbocycles. The van der Waals surface area contributed by atoms with E-state index in [9.17, 15) is 4.79 Å². The minimum absolute atomic E-state index is 0.286. The van der Waals surface area contributed by atoms with E-state index in [-0.39, 0.29) is 5.91 Å². The zero-order valence-corrected chi connectivity index (χ0v) is 14.1. The van der Waals surface area contributed by atoms with E-state index in [0.29, 0.717) is 28.4 Å². The van der Waals surface area contributed by atoms with Crippen molar-refractivity contribution in [3.63, 3.8) is 0 Å². The summed E-state index contributed by atoms with van der Waals surface area (Å²) in [7, 11) is 4.64. The minimum atomic E-state index is -0.286. The van der Waals surface area contributed by atoms with Crippen LogP contribution in [0.15, 0.2) is 41.5 Å². The fourth-order valence-corrected chi connectivity index (χ4v) is 2.08. The Kier molecular flexibility index (Phi) is 5.78. The lowest BCUT2D eigenvalue weighted by atomic mass is 10.1. The number of benzene rings is 2. The van der Waals surface area contributed by atoms with Gasteiger partial charge in [0.05, 0.1) is 27.5 Å². The first-order chi connectivity index (χ1) is 11.6. The molecule has 6 nitrogen and oxygen atoms in total. The number of carbonyl (C=O) groups excluding carboxylic acids is 1. The minimum Gasteiger partial charge on any atom is -0.496 e. The number of rotatable bonds is 6. The molecule has 2 rings (SSSR count). The molecule has 0 bridgehead atoms. The molecule has 6 heteroatoms. The van der Waals surface area contributed by atoms with Crippen molar-refractivity contribution in [2.75, 3.05) is 21.3 Å². The molecule has 0 unspecified atom stereocenters. The number of ether oxygens (including phenoxy) is 3. The summed E-state index contributed by atoms with van der Waals surface area (Å²) in [5.74, 6) is 1.37. The third-order valence-corrected chi connectivity index (χ3v) is 3.42. The van der Waals surface area contributed by atoms with Crippen LogP contribution >= 0.6 is 0 Å². The summed E-state index contributed by atoms with van der Waals surface area (Å²) in [6.07, 6.45) is 1.49. The maximum atomic E-state index is 12.0. The molecule has 2 aromatic rings. The predicted molar refractivity (Wildman–Crippen MR) is 92.3 cm³/mol. The van der Waals surface area contributed by atoms with Crippen LogP contribution in [0, 0.1) is 6.92 Å². The smallest absolute Gasteiger partial charge is 0.271 e. The number of amides is 1. The largest absolute Gasteiger partial charge is 0.496 e. The zero-order chi connectivity index (χ0) is 17.5. The Morgan fingerprint density at radius 3 is 2.12 bits per heavy atom. The quantitative estimate of drug-likeness (QED) is 0.654. The molecule has 126 valence electrons. The standard InChI is InChI=1S/C18H20N2O4/c1-12-5-7-13(8-6-12)18(21)20-19-11-14-9-16(23-3)17(24-4)10-15(14)22-2/h5-11H,1-4H3,(H,20,21)/b19-11-. The van der Waals surface area contributed by atoms with Gasteiger partial charge in [0.15, 0.2) is 11.5 Å². The van der Waals surface area contributed by atoms with E-state index in [0.717, 1.165) is 5.56 Å². The number of hydrogen-bond donors (Lipinski definition) is 1. The third-order valence-electron chi connectivity index (χ3n) is 3.42. The molecule has 24 heavy (non-hydrogen) atoms. The van der Waals surface area contributed by atoms with Gasteiger partial charge in [0.1, 0.15) is 5.75 Å². The summed E-state index contributed by atoms with van der Waals surface area (Å²) in [6.45, 7) is 1.96. The molecule has 0 spiro atoms. The summed E-state index contributed by atoms with van der Waals surface area (Å²) in [4.78, 5) is 12.0. The van der Waals surface area contributed by atoms with Crippen LogP contribution in [0.2, 0.25) is 0 Å². The first-order valence-corrected chi connectivity index (χ1v) is 7.29. The Bertz CT molecular complexity index is 739. The molecule has 1 N–H and O–H groups in total. The van der Waals surface area contributed by atoms with Gasteiger partial charge >= 0.3 is 0 Å². The first-order valence-electron chi connectivity index (χ1n) is 7.29. The molecule has 0 aliphatic rings. The van der Waals surface area contributed by atoms with Gasteiger partial charge < -0.3 is 14.2 Å². The van der Waals surface area contributed by atoms with E-state index in [1.54, 1.807) is 45.6 Å². The molecule has 0 saturated heterocycles. The average molecular weight is 328 g/mol. The van der Waals surface area contributed by atoms with Crippen molar-refractivity contribution in [2.45, 2.75) is 6.92 Å². The van der Waals surface area contributed by atoms with Crippen molar-refractivity contribution < 1.29 is 19.0 Å². The molecule has 0 fully saturated rings. The molecule has 0 aliphatic heterocycles. The number of methoxy groups -OCH3 is 3. The summed E-state index contributed by atoms with van der Waals surface area (Å²) in [5.41, 5.74) is 4.77. The fourth-order valence-electron chi connectivity index (χ4n) is 2.08. The van der Waals surface area contributed by atoms with Crippen LogP contribution < -0.4 is 19.6 Å². The Morgan fingerprint density at radius 1 is 0.958 bits per heavy atom. The van der Waals surface area contributed by atoms with Crippen molar-refractivity contribution in [1.29, 1.82) is 0 Å². The van der Waals surface area contributed by atoms with Crippen LogP contribution in [0.25, 0.3) is 0 Å². The topological polar surface area (TPSA) is 69.2 Å². The van der Waals surface area contributed by atoms with E-state index in [4.69, 9.17) is 14.2 Å². The first kappa shape index (κ1) is 17.3. The van der Waals surface area contributed by atoms with Gasteiger partial charge in [0.25, 0.3) is 5.91 Å². The number of hydrazone groups is 1. The van der Waals surface area contributed by atoms with Gasteiger partial charge in [-0.05, 0) is 25.1 Å². The fraction of sp³-hybridized carbons (Fsp3) is 0.222. The summed E-state index contributed by atoms with van der Waals surface area (Å²) < 4.78 is 15.8. The van der Waals surface area contributed by atoms with E-state index in [1.807, 2.05) is 19.1 Å². The highest BCUT2D eigenvalue weighted by Crippen LogP contribution is 2.33. The van der Waals surface area contributed by atoms with Crippen molar-refractivity contribution >= 4 is 12.1 Å². The second kappa shape index (κ2) is 8.01. The van der Waals surface area contributed by atoms with E-state index in [1.165, 1.54) is 6.21 Å². The van der Waals surface area contributed by atoms with Crippen molar-refractivity contribution in [1.82, 2.24) is 5.43 Å². The highest BCUT2D eigenvalue weighted by atomic mass is 16.5. The van der Waals surface area contributed by atoms with Gasteiger partial charge in [-0.3, -0.25) is 4.79 Å². The van der Waals surface area contributed by atoms with Crippen LogP contribution in [-0.4, -0.2) is 33.5 Å². The van der Waals surface area contributed by atoms with Gasteiger partial charge in [0.2, 0.25) is 0 Å². The van der Waals surface area contributed by atoms with E-state index < -0.39 is 0 Å². The average Bonchev–Trinajstić information content (AvgIpc) is 2.61. The van der Waals surface area contributed by atoms with E-state index in [2.05, 4.69) is 10.5 Å². The lowest BCUT2D eigenvalue weighted by molar-refractivity contribution is 0.0955. The van der Waals surface area contributed by atoms with Gasteiger partial charge in [-0.15, -0.1) is 0 Å². The molecule has 0 aromatic heterocycles. The van der Waals surface area contributed by atoms with Crippen molar-refractivity contribution in [3.8, 4) is 17.2 Å². The van der Waals surface area contributed by atoms with Gasteiger partial charge in [0, 0.05) is 17.2 Å². The van der Waals surface area contributed by atoms with E-state index >= 15 is 0 Å². The molecule has 0 aliphatic carbocycles. The highest BCUT2D eigenvalue weighted by molar-refractivity contribution is 5.95. The number of aryl methyl sites for hydroxylation is 1. The van der Waals surface area contributed by atoms with Gasteiger partial charge in [-0.25, -0.2) is 5.43 Å². The maximum absolute atomic E-state index is 12.0. The molecule has 0 atom stereocenters. The monoisotopic (exact) mass is 328 g/mol. The van der Waals surface area contributed by atoms with Crippen LogP contribution in [0.1, 0.15) is 21.5 Å². The number of hydrogen-bond acceptors (Lipinski definition) is 5. The maximum Gasteiger partial charge on any atom is 0.271 e. The highest BCUT2D eigenvalue weighted by Gasteiger charge is 2.10. The normalized spacial score (nSPS) is 10.5. The molecule has 0 heterocycles. The Hall–Kier alpha value is -3.02. The van der Waals surface area contributed by atoms with Crippen molar-refractivity contribution in [3.05, 3.63) is 53.1 Å². The molecule has 0 radical (unpaired) electrons. The van der Waals surface area contributed by atoms with Crippen LogP contribution in [0.4, 0.5) is 0 Å². The van der Waals surface area contributed by atoms with Gasteiger partial charge in [-0.2, -0.15) is 5.10 Å². The van der Waals surface area contributed by atoms with Gasteiger partial charge in [-0.1, -0.05) is 17.7 Å². The molecular formula is C18H20N2O4. The second-order valence-corrected chi connectivity index (χ2v) is 5.01. The Balaban J connectivity index is 2.16. The Morgan fingerprint density at radius 2 is 1.54 bits per heavy atom. The third kappa shape index (κ3) is 4.04. The lowest BCUT2D eigenvalue weighted by Crippen LogP contribution is -2.17. The van der Waals surface area contributed by atoms with Crippen LogP contribution in [0.5, 0.6) is 17.2 Å². The van der Waals surface area contributed by atoms with Crippen LogP contribution in [-0.2, 0) is 0 Å². The number of nitrogens with zero attached hydrogens (tertiary/aromatic N) is 1. The van der Waals surface area contributed by atoms with Crippen molar-refractivity contribution in [2.24, 2.45) is 5.10 Å². The summed E-state index contributed by atoms with van der Waals surface area (Å²) in [6, 6.07) is 10.7. The Labute approximate surface area is 141 Å². The lowest BCUT2D eigenvalue weighted by Gasteiger charge is -2.11. The molecule has 2 aromatic carbocycles. The SMILES string of the molecule is COc1cc(OC)c(OC)cc1/C=N\NC(=O)c1ccc(C)cc1. The van der Waals surface area contributed by atoms with Crippen LogP contribution in [0.3, 0.4) is 0 Å². The molecular weight excluding hydrogens is 308 g/mol. The summed E-state index contributed by atoms with van der Waals surface area (Å²) in [5, 5.41) is 3.98. The second-order valence-electron chi connectivity index (χ2n) is 5.01. The molecule has 1 amide bonds. The number of nitrogens with one attached hydrogen (secondary N) is 1. The summed E-state index contributed by atoms with van der Waals surface area (Å²) >= 11 is 0. The number of carbonyl (C=O) groups is 1. The predicted octanol–water partition coefficient (Wildman–Crippen LogP) is 2.78.